The minimum absolute atomic E-state index is 0.171. The number of aliphatic hydroxyl groups excluding tert-OH is 1. The van der Waals surface area contributed by atoms with Gasteiger partial charge in [-0.3, -0.25) is 9.80 Å². The zero-order valence-electron chi connectivity index (χ0n) is 18.4. The maximum Gasteiger partial charge on any atom is 0.144 e. The van der Waals surface area contributed by atoms with Gasteiger partial charge in [-0.1, -0.05) is 18.2 Å². The van der Waals surface area contributed by atoms with Crippen LogP contribution < -0.4 is 9.64 Å². The predicted octanol–water partition coefficient (Wildman–Crippen LogP) is 1.64. The number of methoxy groups -OCH3 is 1. The van der Waals surface area contributed by atoms with Crippen LogP contribution in [-0.4, -0.2) is 88.2 Å². The van der Waals surface area contributed by atoms with Gasteiger partial charge in [-0.25, -0.2) is 9.67 Å². The van der Waals surface area contributed by atoms with Crippen LogP contribution in [0, 0.1) is 0 Å². The van der Waals surface area contributed by atoms with Crippen molar-refractivity contribution in [2.24, 2.45) is 0 Å². The van der Waals surface area contributed by atoms with Crippen LogP contribution in [0.3, 0.4) is 0 Å². The second kappa shape index (κ2) is 9.28. The molecular formula is C24H30N6O2. The fraction of sp³-hybridized carbons (Fsp3) is 0.417. The summed E-state index contributed by atoms with van der Waals surface area (Å²) in [5.41, 5.74) is 2.05. The molecule has 4 heterocycles. The molecule has 1 N–H and O–H groups in total. The lowest BCUT2D eigenvalue weighted by molar-refractivity contribution is 0.0790. The molecule has 0 bridgehead atoms. The summed E-state index contributed by atoms with van der Waals surface area (Å²) in [4.78, 5) is 11.5. The normalized spacial score (nSPS) is 22.4. The van der Waals surface area contributed by atoms with Gasteiger partial charge >= 0.3 is 0 Å². The smallest absolute Gasteiger partial charge is 0.144 e. The predicted molar refractivity (Wildman–Crippen MR) is 123 cm³/mol. The molecule has 2 fully saturated rings. The summed E-state index contributed by atoms with van der Waals surface area (Å²) in [7, 11) is 1.67. The lowest BCUT2D eigenvalue weighted by Gasteiger charge is -2.39. The number of para-hydroxylation sites is 2. The number of β-amino-alcohol motifs (C(OH)–C–C–N with tert-alkyl or cyclic N) is 1. The van der Waals surface area contributed by atoms with Gasteiger partial charge in [-0.2, -0.15) is 5.10 Å². The Morgan fingerprint density at radius 2 is 1.84 bits per heavy atom. The monoisotopic (exact) mass is 434 g/mol. The number of pyridine rings is 1. The van der Waals surface area contributed by atoms with Gasteiger partial charge in [0.05, 0.1) is 19.4 Å². The lowest BCUT2D eigenvalue weighted by Crippen LogP contribution is -2.53. The second-order valence-electron chi connectivity index (χ2n) is 8.50. The fourth-order valence-corrected chi connectivity index (χ4v) is 4.81. The van der Waals surface area contributed by atoms with Gasteiger partial charge in [0.2, 0.25) is 0 Å². The molecular weight excluding hydrogens is 404 g/mol. The molecule has 0 aliphatic carbocycles. The summed E-state index contributed by atoms with van der Waals surface area (Å²) in [6.45, 7) is 6.08. The average Bonchev–Trinajstić information content (AvgIpc) is 3.46. The van der Waals surface area contributed by atoms with E-state index in [4.69, 9.17) is 4.74 Å². The highest BCUT2D eigenvalue weighted by Crippen LogP contribution is 2.24. The van der Waals surface area contributed by atoms with Crippen molar-refractivity contribution in [1.82, 2.24) is 24.6 Å². The van der Waals surface area contributed by atoms with Crippen molar-refractivity contribution in [2.45, 2.75) is 18.7 Å². The van der Waals surface area contributed by atoms with Gasteiger partial charge in [0.25, 0.3) is 0 Å². The Morgan fingerprint density at radius 1 is 1.03 bits per heavy atom. The molecule has 32 heavy (non-hydrogen) atoms. The third-order valence-corrected chi connectivity index (χ3v) is 6.47. The van der Waals surface area contributed by atoms with Crippen LogP contribution in [0.1, 0.15) is 5.56 Å². The highest BCUT2D eigenvalue weighted by atomic mass is 16.5. The van der Waals surface area contributed by atoms with Gasteiger partial charge in [-0.15, -0.1) is 0 Å². The molecule has 0 unspecified atom stereocenters. The summed E-state index contributed by atoms with van der Waals surface area (Å²) in [5, 5.41) is 15.3. The number of anilines is 1. The molecule has 0 amide bonds. The van der Waals surface area contributed by atoms with E-state index in [1.165, 1.54) is 0 Å². The number of rotatable bonds is 6. The maximum atomic E-state index is 10.8. The Hall–Kier alpha value is -2.94. The van der Waals surface area contributed by atoms with Crippen LogP contribution in [0.25, 0.3) is 5.69 Å². The molecule has 168 valence electrons. The number of piperazine rings is 1. The summed E-state index contributed by atoms with van der Waals surface area (Å²) in [5.74, 6) is 1.83. The van der Waals surface area contributed by atoms with E-state index in [9.17, 15) is 5.11 Å². The first kappa shape index (κ1) is 20.9. The van der Waals surface area contributed by atoms with E-state index in [0.29, 0.717) is 6.54 Å². The zero-order valence-corrected chi connectivity index (χ0v) is 18.4. The molecule has 1 aromatic carbocycles. The third kappa shape index (κ3) is 4.34. The Kier molecular flexibility index (Phi) is 6.07. The molecule has 2 atom stereocenters. The number of benzene rings is 1. The minimum Gasteiger partial charge on any atom is -0.494 e. The Bertz CT molecular complexity index is 1020. The van der Waals surface area contributed by atoms with E-state index in [0.717, 1.165) is 62.1 Å². The first-order chi connectivity index (χ1) is 15.7. The number of aromatic nitrogens is 3. The molecule has 2 aliphatic heterocycles. The van der Waals surface area contributed by atoms with Crippen molar-refractivity contribution in [3.63, 3.8) is 0 Å². The third-order valence-electron chi connectivity index (χ3n) is 6.47. The SMILES string of the molecule is COc1ccccc1-n1cc(CN2C[C@H](O)[C@@H](N3CCN(c4ccccn4)CC3)C2)cn1. The van der Waals surface area contributed by atoms with Gasteiger partial charge in [0.1, 0.15) is 17.3 Å². The highest BCUT2D eigenvalue weighted by molar-refractivity contribution is 5.46. The van der Waals surface area contributed by atoms with Crippen molar-refractivity contribution >= 4 is 5.82 Å². The number of nitrogens with zero attached hydrogens (tertiary/aromatic N) is 6. The van der Waals surface area contributed by atoms with E-state index < -0.39 is 0 Å². The minimum atomic E-state index is -0.333. The fourth-order valence-electron chi connectivity index (χ4n) is 4.81. The quantitative estimate of drug-likeness (QED) is 0.633. The van der Waals surface area contributed by atoms with E-state index in [1.807, 2.05) is 59.7 Å². The molecule has 0 spiro atoms. The van der Waals surface area contributed by atoms with Crippen molar-refractivity contribution in [2.75, 3.05) is 51.3 Å². The topological polar surface area (TPSA) is 69.9 Å². The summed E-state index contributed by atoms with van der Waals surface area (Å²) in [6, 6.07) is 14.1. The average molecular weight is 435 g/mol. The second-order valence-corrected chi connectivity index (χ2v) is 8.50. The first-order valence-electron chi connectivity index (χ1n) is 11.2. The van der Waals surface area contributed by atoms with Gasteiger partial charge < -0.3 is 14.7 Å². The standard InChI is InChI=1S/C24H30N6O2/c1-32-23-7-3-2-6-20(23)30-16-19(14-26-30)15-27-17-21(22(31)18-27)28-10-12-29(13-11-28)24-8-4-5-9-25-24/h2-9,14,16,21-22,31H,10-13,15,17-18H2,1H3/t21-,22-/m0/s1. The molecule has 2 aliphatic rings. The summed E-state index contributed by atoms with van der Waals surface area (Å²) >= 11 is 0. The van der Waals surface area contributed by atoms with Crippen LogP contribution in [0.4, 0.5) is 5.82 Å². The van der Waals surface area contributed by atoms with E-state index in [1.54, 1.807) is 7.11 Å². The summed E-state index contributed by atoms with van der Waals surface area (Å²) in [6.07, 6.45) is 5.46. The number of ether oxygens (including phenoxy) is 1. The Labute approximate surface area is 188 Å². The molecule has 2 saturated heterocycles. The van der Waals surface area contributed by atoms with Gasteiger partial charge in [-0.05, 0) is 24.3 Å². The van der Waals surface area contributed by atoms with Crippen molar-refractivity contribution in [1.29, 1.82) is 0 Å². The van der Waals surface area contributed by atoms with Crippen LogP contribution in [0.2, 0.25) is 0 Å². The maximum absolute atomic E-state index is 10.8. The number of hydrogen-bond acceptors (Lipinski definition) is 7. The number of likely N-dealkylation sites (tertiary alicyclic amines) is 1. The first-order valence-corrected chi connectivity index (χ1v) is 11.2. The molecule has 2 aromatic heterocycles. The van der Waals surface area contributed by atoms with Gasteiger partial charge in [0, 0.05) is 69.8 Å². The van der Waals surface area contributed by atoms with E-state index >= 15 is 0 Å². The lowest BCUT2D eigenvalue weighted by atomic mass is 10.1. The largest absolute Gasteiger partial charge is 0.494 e. The number of hydrogen-bond donors (Lipinski definition) is 1. The van der Waals surface area contributed by atoms with Crippen molar-refractivity contribution < 1.29 is 9.84 Å². The highest BCUT2D eigenvalue weighted by Gasteiger charge is 2.36. The zero-order chi connectivity index (χ0) is 21.9. The Morgan fingerprint density at radius 3 is 2.62 bits per heavy atom. The van der Waals surface area contributed by atoms with E-state index in [-0.39, 0.29) is 12.1 Å². The van der Waals surface area contributed by atoms with Crippen LogP contribution in [0.5, 0.6) is 5.75 Å². The van der Waals surface area contributed by atoms with Crippen LogP contribution >= 0.6 is 0 Å². The van der Waals surface area contributed by atoms with Crippen molar-refractivity contribution in [3.8, 4) is 11.4 Å². The molecule has 8 heteroatoms. The number of aliphatic hydroxyl groups is 1. The van der Waals surface area contributed by atoms with Crippen molar-refractivity contribution in [3.05, 3.63) is 66.6 Å². The summed E-state index contributed by atoms with van der Waals surface area (Å²) < 4.78 is 7.31. The van der Waals surface area contributed by atoms with Crippen LogP contribution in [-0.2, 0) is 6.54 Å². The van der Waals surface area contributed by atoms with E-state index in [2.05, 4.69) is 30.8 Å². The van der Waals surface area contributed by atoms with Gasteiger partial charge in [0.15, 0.2) is 0 Å². The molecule has 0 radical (unpaired) electrons. The Balaban J connectivity index is 1.18. The molecule has 0 saturated carbocycles. The molecule has 5 rings (SSSR count). The van der Waals surface area contributed by atoms with Crippen LogP contribution in [0.15, 0.2) is 61.1 Å². The molecule has 8 nitrogen and oxygen atoms in total. The molecule has 3 aromatic rings.